The van der Waals surface area contributed by atoms with E-state index in [4.69, 9.17) is 0 Å². The first-order chi connectivity index (χ1) is 6.86. The Labute approximate surface area is 86.3 Å². The van der Waals surface area contributed by atoms with E-state index in [0.29, 0.717) is 0 Å². The van der Waals surface area contributed by atoms with Gasteiger partial charge in [0.2, 0.25) is 0 Å². The number of hydrogen-bond acceptors (Lipinski definition) is 2. The van der Waals surface area contributed by atoms with Crippen molar-refractivity contribution in [2.24, 2.45) is 4.99 Å². The van der Waals surface area contributed by atoms with Gasteiger partial charge in [0.25, 0.3) is 0 Å². The Morgan fingerprint density at radius 3 is 2.50 bits per heavy atom. The first-order valence-electron chi connectivity index (χ1n) is 5.13. The van der Waals surface area contributed by atoms with E-state index < -0.39 is 0 Å². The minimum Gasteiger partial charge on any atom is -0.362 e. The molecule has 0 radical (unpaired) electrons. The van der Waals surface area contributed by atoms with Crippen molar-refractivity contribution < 1.29 is 0 Å². The number of fused-ring (bicyclic) bond motifs is 1. The first-order valence-corrected chi connectivity index (χ1v) is 5.13. The van der Waals surface area contributed by atoms with Crippen LogP contribution in [-0.2, 0) is 13.1 Å². The van der Waals surface area contributed by atoms with Gasteiger partial charge in [0.1, 0.15) is 0 Å². The second-order valence-corrected chi connectivity index (χ2v) is 3.14. The fraction of sp³-hybridized carbons (Fsp3) is 0.417. The third-order valence-electron chi connectivity index (χ3n) is 2.08. The van der Waals surface area contributed by atoms with Gasteiger partial charge in [0, 0.05) is 13.6 Å². The number of hydrogen-bond donors (Lipinski definition) is 0. The summed E-state index contributed by atoms with van der Waals surface area (Å²) in [5.41, 5.74) is 2.73. The molecule has 2 nitrogen and oxygen atoms in total. The van der Waals surface area contributed by atoms with E-state index in [0.717, 1.165) is 13.1 Å². The summed E-state index contributed by atoms with van der Waals surface area (Å²) in [6, 6.07) is 8.46. The molecular weight excluding hydrogens is 172 g/mol. The third-order valence-corrected chi connectivity index (χ3v) is 2.08. The van der Waals surface area contributed by atoms with E-state index in [-0.39, 0.29) is 0 Å². The lowest BCUT2D eigenvalue weighted by atomic mass is 10.1. The summed E-state index contributed by atoms with van der Waals surface area (Å²) in [6.07, 6.45) is 1.90. The molecule has 0 atom stereocenters. The molecule has 0 aromatic heterocycles. The lowest BCUT2D eigenvalue weighted by Gasteiger charge is -2.11. The summed E-state index contributed by atoms with van der Waals surface area (Å²) < 4.78 is 0. The smallest absolute Gasteiger partial charge is 0.0854 e. The first kappa shape index (κ1) is 10.8. The number of benzene rings is 1. The van der Waals surface area contributed by atoms with Crippen molar-refractivity contribution in [3.8, 4) is 0 Å². The Bertz CT molecular complexity index is 305. The van der Waals surface area contributed by atoms with Gasteiger partial charge in [-0.2, -0.15) is 0 Å². The maximum atomic E-state index is 4.29. The van der Waals surface area contributed by atoms with Gasteiger partial charge in [0.15, 0.2) is 0 Å². The molecule has 2 rings (SSSR count). The van der Waals surface area contributed by atoms with Crippen LogP contribution in [0.1, 0.15) is 25.0 Å². The minimum absolute atomic E-state index is 0.820. The molecule has 1 aromatic rings. The molecule has 1 aromatic carbocycles. The maximum absolute atomic E-state index is 4.29. The lowest BCUT2D eigenvalue weighted by molar-refractivity contribution is 0.518. The fourth-order valence-electron chi connectivity index (χ4n) is 1.45. The summed E-state index contributed by atoms with van der Waals surface area (Å²) in [5, 5.41) is 0. The quantitative estimate of drug-likeness (QED) is 0.614. The van der Waals surface area contributed by atoms with E-state index >= 15 is 0 Å². The molecule has 0 spiro atoms. The molecule has 1 aliphatic rings. The molecule has 1 aliphatic heterocycles. The van der Waals surface area contributed by atoms with Crippen LogP contribution < -0.4 is 0 Å². The summed E-state index contributed by atoms with van der Waals surface area (Å²) in [5.74, 6) is 0. The molecule has 1 heterocycles. The Kier molecular flexibility index (Phi) is 4.17. The highest BCUT2D eigenvalue weighted by Gasteiger charge is 2.05. The second-order valence-electron chi connectivity index (χ2n) is 3.14. The predicted molar refractivity (Wildman–Crippen MR) is 61.5 cm³/mol. The zero-order valence-corrected chi connectivity index (χ0v) is 9.20. The van der Waals surface area contributed by atoms with Crippen LogP contribution in [0.15, 0.2) is 29.3 Å². The van der Waals surface area contributed by atoms with Crippen LogP contribution in [0.4, 0.5) is 0 Å². The van der Waals surface area contributed by atoms with Crippen molar-refractivity contribution in [2.45, 2.75) is 26.9 Å². The number of aliphatic imine (C=N–C) groups is 1. The maximum Gasteiger partial charge on any atom is 0.0854 e. The average Bonchev–Trinajstić information content (AvgIpc) is 2.41. The van der Waals surface area contributed by atoms with Crippen molar-refractivity contribution >= 4 is 6.34 Å². The monoisotopic (exact) mass is 190 g/mol. The van der Waals surface area contributed by atoms with E-state index in [1.165, 1.54) is 11.1 Å². The normalized spacial score (nSPS) is 13.8. The molecule has 0 bridgehead atoms. The molecule has 76 valence electrons. The van der Waals surface area contributed by atoms with Crippen LogP contribution in [0.3, 0.4) is 0 Å². The van der Waals surface area contributed by atoms with Gasteiger partial charge >= 0.3 is 0 Å². The predicted octanol–water partition coefficient (Wildman–Crippen LogP) is 2.69. The van der Waals surface area contributed by atoms with E-state index in [1.807, 2.05) is 27.2 Å². The van der Waals surface area contributed by atoms with Crippen LogP contribution in [0.5, 0.6) is 0 Å². The van der Waals surface area contributed by atoms with E-state index in [2.05, 4.69) is 34.2 Å². The summed E-state index contributed by atoms with van der Waals surface area (Å²) in [7, 11) is 2.05. The molecule has 0 saturated heterocycles. The molecule has 0 unspecified atom stereocenters. The van der Waals surface area contributed by atoms with Gasteiger partial charge in [-0.05, 0) is 11.1 Å². The van der Waals surface area contributed by atoms with Gasteiger partial charge in [-0.15, -0.1) is 0 Å². The topological polar surface area (TPSA) is 15.6 Å². The zero-order valence-electron chi connectivity index (χ0n) is 9.20. The molecule has 0 saturated carbocycles. The second kappa shape index (κ2) is 5.43. The Hall–Kier alpha value is -1.31. The standard InChI is InChI=1S/C10H12N2.C2H6/c1-12-7-10-5-3-2-4-9(10)6-11-8-12;1-2/h2-5,8H,6-7H2,1H3;1-2H3. The van der Waals surface area contributed by atoms with E-state index in [1.54, 1.807) is 0 Å². The van der Waals surface area contributed by atoms with Gasteiger partial charge in [0.05, 0.1) is 12.9 Å². The van der Waals surface area contributed by atoms with Crippen LogP contribution in [0, 0.1) is 0 Å². The third kappa shape index (κ3) is 2.59. The van der Waals surface area contributed by atoms with Crippen LogP contribution >= 0.6 is 0 Å². The molecule has 2 heteroatoms. The van der Waals surface area contributed by atoms with Crippen molar-refractivity contribution in [3.63, 3.8) is 0 Å². The molecule has 0 amide bonds. The minimum atomic E-state index is 0.820. The lowest BCUT2D eigenvalue weighted by Crippen LogP contribution is -2.14. The molecular formula is C12H18N2. The average molecular weight is 190 g/mol. The highest BCUT2D eigenvalue weighted by atomic mass is 15.1. The Morgan fingerprint density at radius 2 is 1.79 bits per heavy atom. The highest BCUT2D eigenvalue weighted by Crippen LogP contribution is 2.13. The van der Waals surface area contributed by atoms with E-state index in [9.17, 15) is 0 Å². The molecule has 0 aliphatic carbocycles. The van der Waals surface area contributed by atoms with Crippen LogP contribution in [-0.4, -0.2) is 18.3 Å². The Morgan fingerprint density at radius 1 is 1.14 bits per heavy atom. The fourth-order valence-corrected chi connectivity index (χ4v) is 1.45. The zero-order chi connectivity index (χ0) is 10.4. The van der Waals surface area contributed by atoms with Crippen molar-refractivity contribution in [2.75, 3.05) is 7.05 Å². The summed E-state index contributed by atoms with van der Waals surface area (Å²) >= 11 is 0. The van der Waals surface area contributed by atoms with Gasteiger partial charge < -0.3 is 4.90 Å². The summed E-state index contributed by atoms with van der Waals surface area (Å²) in [4.78, 5) is 6.40. The van der Waals surface area contributed by atoms with Crippen molar-refractivity contribution in [1.82, 2.24) is 4.90 Å². The van der Waals surface area contributed by atoms with Gasteiger partial charge in [-0.25, -0.2) is 0 Å². The van der Waals surface area contributed by atoms with Gasteiger partial charge in [-0.3, -0.25) is 4.99 Å². The Balaban J connectivity index is 0.000000461. The number of rotatable bonds is 0. The van der Waals surface area contributed by atoms with Gasteiger partial charge in [-0.1, -0.05) is 38.1 Å². The summed E-state index contributed by atoms with van der Waals surface area (Å²) in [6.45, 7) is 5.79. The SMILES string of the molecule is CC.CN1C=NCc2ccccc2C1. The molecule has 14 heavy (non-hydrogen) atoms. The number of nitrogens with zero attached hydrogens (tertiary/aromatic N) is 2. The van der Waals surface area contributed by atoms with Crippen LogP contribution in [0.25, 0.3) is 0 Å². The van der Waals surface area contributed by atoms with Crippen molar-refractivity contribution in [3.05, 3.63) is 35.4 Å². The molecule has 0 fully saturated rings. The highest BCUT2D eigenvalue weighted by molar-refractivity contribution is 5.56. The molecule has 0 N–H and O–H groups in total. The van der Waals surface area contributed by atoms with Crippen LogP contribution in [0.2, 0.25) is 0 Å². The largest absolute Gasteiger partial charge is 0.362 e. The van der Waals surface area contributed by atoms with Crippen molar-refractivity contribution in [1.29, 1.82) is 0 Å².